The van der Waals surface area contributed by atoms with Gasteiger partial charge in [0.15, 0.2) is 0 Å². The van der Waals surface area contributed by atoms with E-state index in [2.05, 4.69) is 22.9 Å². The normalized spacial score (nSPS) is 10.7. The summed E-state index contributed by atoms with van der Waals surface area (Å²) in [6.45, 7) is 4.78. The molecule has 1 heterocycles. The average Bonchev–Trinajstić information content (AvgIpc) is 2.87. The van der Waals surface area contributed by atoms with Gasteiger partial charge >= 0.3 is 5.97 Å². The summed E-state index contributed by atoms with van der Waals surface area (Å²) in [4.78, 5) is 10.8. The first kappa shape index (κ1) is 14.3. The lowest BCUT2D eigenvalue weighted by molar-refractivity contribution is 0.0697. The van der Waals surface area contributed by atoms with Crippen LogP contribution in [0.15, 0.2) is 42.6 Å². The molecule has 0 saturated heterocycles. The van der Waals surface area contributed by atoms with Crippen molar-refractivity contribution in [1.29, 1.82) is 0 Å². The van der Waals surface area contributed by atoms with Crippen LogP contribution in [0, 0.1) is 0 Å². The summed E-state index contributed by atoms with van der Waals surface area (Å²) in [6.07, 6.45) is 3.17. The zero-order chi connectivity index (χ0) is 14.4. The van der Waals surface area contributed by atoms with Crippen molar-refractivity contribution in [3.8, 4) is 0 Å². The van der Waals surface area contributed by atoms with Gasteiger partial charge in [0.2, 0.25) is 0 Å². The van der Waals surface area contributed by atoms with Crippen LogP contribution >= 0.6 is 0 Å². The molecule has 2 rings (SSSR count). The third-order valence-electron chi connectivity index (χ3n) is 3.21. The summed E-state index contributed by atoms with van der Waals surface area (Å²) in [7, 11) is 0. The van der Waals surface area contributed by atoms with Crippen molar-refractivity contribution in [1.82, 2.24) is 9.88 Å². The van der Waals surface area contributed by atoms with Crippen molar-refractivity contribution >= 4 is 5.97 Å². The van der Waals surface area contributed by atoms with Crippen LogP contribution in [0.3, 0.4) is 0 Å². The van der Waals surface area contributed by atoms with Crippen molar-refractivity contribution in [3.63, 3.8) is 0 Å². The van der Waals surface area contributed by atoms with Crippen LogP contribution in [-0.4, -0.2) is 22.2 Å². The average molecular weight is 272 g/mol. The molecule has 1 aromatic heterocycles. The highest BCUT2D eigenvalue weighted by Crippen LogP contribution is 2.10. The van der Waals surface area contributed by atoms with Gasteiger partial charge in [-0.2, -0.15) is 0 Å². The maximum atomic E-state index is 10.8. The molecule has 0 atom stereocenters. The van der Waals surface area contributed by atoms with Crippen LogP contribution in [0.5, 0.6) is 0 Å². The van der Waals surface area contributed by atoms with Crippen LogP contribution < -0.4 is 5.32 Å². The highest BCUT2D eigenvalue weighted by Gasteiger charge is 2.04. The number of carbonyl (C=O) groups is 1. The predicted molar refractivity (Wildman–Crippen MR) is 78.9 cm³/mol. The molecule has 1 aromatic carbocycles. The fraction of sp³-hybridized carbons (Fsp3) is 0.312. The van der Waals surface area contributed by atoms with E-state index in [4.69, 9.17) is 5.11 Å². The zero-order valence-corrected chi connectivity index (χ0v) is 11.7. The van der Waals surface area contributed by atoms with Gasteiger partial charge in [-0.3, -0.25) is 0 Å². The second-order valence-corrected chi connectivity index (χ2v) is 4.81. The summed E-state index contributed by atoms with van der Waals surface area (Å²) >= 11 is 0. The minimum atomic E-state index is -0.887. The largest absolute Gasteiger partial charge is 0.478 e. The third-order valence-corrected chi connectivity index (χ3v) is 3.21. The van der Waals surface area contributed by atoms with E-state index in [0.717, 1.165) is 31.6 Å². The molecular weight excluding hydrogens is 252 g/mol. The molecule has 106 valence electrons. The molecule has 0 radical (unpaired) electrons. The lowest BCUT2D eigenvalue weighted by Gasteiger charge is -2.10. The Morgan fingerprint density at radius 2 is 2.00 bits per heavy atom. The Morgan fingerprint density at radius 1 is 1.25 bits per heavy atom. The molecule has 2 N–H and O–H groups in total. The fourth-order valence-corrected chi connectivity index (χ4v) is 2.11. The third kappa shape index (κ3) is 3.71. The SMILES string of the molecule is CCCNCc1cccn1Cc1ccc(C(=O)O)cc1. The maximum Gasteiger partial charge on any atom is 0.335 e. The number of aromatic carboxylic acids is 1. The Kier molecular flexibility index (Phi) is 4.96. The molecule has 0 amide bonds. The number of rotatable bonds is 7. The van der Waals surface area contributed by atoms with Crippen molar-refractivity contribution in [2.75, 3.05) is 6.54 Å². The molecule has 0 bridgehead atoms. The van der Waals surface area contributed by atoms with E-state index >= 15 is 0 Å². The highest BCUT2D eigenvalue weighted by molar-refractivity contribution is 5.87. The number of hydrogen-bond donors (Lipinski definition) is 2. The molecule has 0 aliphatic carbocycles. The molecule has 4 heteroatoms. The zero-order valence-electron chi connectivity index (χ0n) is 11.7. The Balaban J connectivity index is 2.02. The Bertz CT molecular complexity index is 558. The topological polar surface area (TPSA) is 54.3 Å². The monoisotopic (exact) mass is 272 g/mol. The summed E-state index contributed by atoms with van der Waals surface area (Å²) in [5.41, 5.74) is 2.66. The van der Waals surface area contributed by atoms with Crippen LogP contribution in [0.2, 0.25) is 0 Å². The van der Waals surface area contributed by atoms with Crippen LogP contribution in [0.4, 0.5) is 0 Å². The van der Waals surface area contributed by atoms with E-state index in [9.17, 15) is 4.79 Å². The second-order valence-electron chi connectivity index (χ2n) is 4.81. The van der Waals surface area contributed by atoms with E-state index < -0.39 is 5.97 Å². The molecule has 0 unspecified atom stereocenters. The van der Waals surface area contributed by atoms with Gasteiger partial charge < -0.3 is 15.0 Å². The molecular formula is C16H20N2O2. The lowest BCUT2D eigenvalue weighted by Crippen LogP contribution is -2.17. The minimum absolute atomic E-state index is 0.325. The van der Waals surface area contributed by atoms with Gasteiger partial charge in [-0.15, -0.1) is 0 Å². The Hall–Kier alpha value is -2.07. The Labute approximate surface area is 119 Å². The van der Waals surface area contributed by atoms with Gasteiger partial charge in [0.25, 0.3) is 0 Å². The van der Waals surface area contributed by atoms with Crippen molar-refractivity contribution in [2.24, 2.45) is 0 Å². The van der Waals surface area contributed by atoms with Gasteiger partial charge in [0.1, 0.15) is 0 Å². The Morgan fingerprint density at radius 3 is 2.65 bits per heavy atom. The lowest BCUT2D eigenvalue weighted by atomic mass is 10.1. The number of nitrogens with one attached hydrogen (secondary N) is 1. The minimum Gasteiger partial charge on any atom is -0.478 e. The first-order chi connectivity index (χ1) is 9.70. The van der Waals surface area contributed by atoms with Gasteiger partial charge in [-0.25, -0.2) is 4.79 Å². The van der Waals surface area contributed by atoms with Crippen molar-refractivity contribution < 1.29 is 9.90 Å². The van der Waals surface area contributed by atoms with Gasteiger partial charge in [-0.05, 0) is 42.8 Å². The smallest absolute Gasteiger partial charge is 0.335 e. The molecule has 0 saturated carbocycles. The van der Waals surface area contributed by atoms with E-state index in [1.807, 2.05) is 24.4 Å². The molecule has 0 aliphatic rings. The quantitative estimate of drug-likeness (QED) is 0.762. The summed E-state index contributed by atoms with van der Waals surface area (Å²) in [5.74, 6) is -0.887. The van der Waals surface area contributed by atoms with Crippen molar-refractivity contribution in [3.05, 3.63) is 59.4 Å². The van der Waals surface area contributed by atoms with Crippen LogP contribution in [-0.2, 0) is 13.1 Å². The highest BCUT2D eigenvalue weighted by atomic mass is 16.4. The standard InChI is InChI=1S/C16H20N2O2/c1-2-9-17-11-15-4-3-10-18(15)12-13-5-7-14(8-6-13)16(19)20/h3-8,10,17H,2,9,11-12H2,1H3,(H,19,20). The summed E-state index contributed by atoms with van der Waals surface area (Å²) < 4.78 is 2.18. The molecule has 0 aliphatic heterocycles. The van der Waals surface area contributed by atoms with Crippen LogP contribution in [0.1, 0.15) is 35.0 Å². The molecule has 20 heavy (non-hydrogen) atoms. The number of aromatic nitrogens is 1. The number of nitrogens with zero attached hydrogens (tertiary/aromatic N) is 1. The predicted octanol–water partition coefficient (Wildman–Crippen LogP) is 2.73. The van der Waals surface area contributed by atoms with Crippen LogP contribution in [0.25, 0.3) is 0 Å². The van der Waals surface area contributed by atoms with Gasteiger partial charge in [0, 0.05) is 25.0 Å². The first-order valence-corrected chi connectivity index (χ1v) is 6.87. The maximum absolute atomic E-state index is 10.8. The summed E-state index contributed by atoms with van der Waals surface area (Å²) in [5, 5.41) is 12.3. The molecule has 0 fully saturated rings. The number of carboxylic acids is 1. The molecule has 0 spiro atoms. The second kappa shape index (κ2) is 6.91. The van der Waals surface area contributed by atoms with E-state index in [0.29, 0.717) is 5.56 Å². The fourth-order valence-electron chi connectivity index (χ4n) is 2.11. The first-order valence-electron chi connectivity index (χ1n) is 6.87. The number of carboxylic acid groups (broad SMARTS) is 1. The van der Waals surface area contributed by atoms with Gasteiger partial charge in [-0.1, -0.05) is 19.1 Å². The van der Waals surface area contributed by atoms with Crippen molar-refractivity contribution in [2.45, 2.75) is 26.4 Å². The van der Waals surface area contributed by atoms with Gasteiger partial charge in [0.05, 0.1) is 5.56 Å². The van der Waals surface area contributed by atoms with E-state index in [-0.39, 0.29) is 0 Å². The molecule has 4 nitrogen and oxygen atoms in total. The van der Waals surface area contributed by atoms with E-state index in [1.54, 1.807) is 12.1 Å². The number of benzene rings is 1. The summed E-state index contributed by atoms with van der Waals surface area (Å²) in [6, 6.07) is 11.2. The number of hydrogen-bond acceptors (Lipinski definition) is 2. The van der Waals surface area contributed by atoms with E-state index in [1.165, 1.54) is 5.69 Å². The molecule has 2 aromatic rings.